The predicted octanol–water partition coefficient (Wildman–Crippen LogP) is 8.53. The summed E-state index contributed by atoms with van der Waals surface area (Å²) in [6.07, 6.45) is 8.44. The Balaban J connectivity index is 1.56. The maximum atomic E-state index is 15.0. The quantitative estimate of drug-likeness (QED) is 0.0993. The first kappa shape index (κ1) is 41.9. The lowest BCUT2D eigenvalue weighted by Gasteiger charge is -2.34. The van der Waals surface area contributed by atoms with E-state index in [9.17, 15) is 14.4 Å². The summed E-state index contributed by atoms with van der Waals surface area (Å²) in [5.74, 6) is -1.55. The van der Waals surface area contributed by atoms with Crippen LogP contribution in [0.1, 0.15) is 130 Å². The molecule has 2 heterocycles. The van der Waals surface area contributed by atoms with E-state index < -0.39 is 5.92 Å². The molecule has 2 atom stereocenters. The van der Waals surface area contributed by atoms with Crippen LogP contribution in [0.4, 0.5) is 11.4 Å². The van der Waals surface area contributed by atoms with Gasteiger partial charge in [-0.25, -0.2) is 0 Å². The summed E-state index contributed by atoms with van der Waals surface area (Å²) in [6, 6.07) is 21.4. The molecule has 0 aliphatic carbocycles. The number of rotatable bonds is 18. The lowest BCUT2D eigenvalue weighted by Crippen LogP contribution is -2.43. The number of carbonyl (C=O) groups is 3. The van der Waals surface area contributed by atoms with E-state index in [1.54, 1.807) is 25.3 Å². The first-order chi connectivity index (χ1) is 26.6. The number of ketones is 1. The lowest BCUT2D eigenvalue weighted by molar-refractivity contribution is -0.132. The molecule has 0 saturated carbocycles. The number of piperidine rings is 2. The van der Waals surface area contributed by atoms with Crippen LogP contribution in [0.5, 0.6) is 0 Å². The summed E-state index contributed by atoms with van der Waals surface area (Å²) in [5, 5.41) is 6.79. The molecule has 298 valence electrons. The van der Waals surface area contributed by atoms with Crippen LogP contribution in [-0.4, -0.2) is 64.6 Å². The monoisotopic (exact) mass is 752 g/mol. The minimum absolute atomic E-state index is 0.0823. The lowest BCUT2D eigenvalue weighted by atomic mass is 9.89. The second-order valence-corrected chi connectivity index (χ2v) is 16.2. The molecule has 2 saturated heterocycles. The molecule has 0 radical (unpaired) electrons. The molecule has 2 aliphatic heterocycles. The summed E-state index contributed by atoms with van der Waals surface area (Å²) in [4.78, 5) is 47.9. The first-order valence-electron chi connectivity index (χ1n) is 20.5. The molecular weight excluding hydrogens is 689 g/mol. The van der Waals surface area contributed by atoms with Crippen LogP contribution in [0.2, 0.25) is 0 Å². The van der Waals surface area contributed by atoms with Crippen molar-refractivity contribution >= 4 is 29.0 Å². The molecule has 9 heteroatoms. The van der Waals surface area contributed by atoms with Crippen LogP contribution < -0.4 is 20.4 Å². The Hall–Kier alpha value is -4.21. The number of para-hydroxylation sites is 2. The van der Waals surface area contributed by atoms with Gasteiger partial charge in [0.25, 0.3) is 0 Å². The Kier molecular flexibility index (Phi) is 15.7. The molecule has 55 heavy (non-hydrogen) atoms. The van der Waals surface area contributed by atoms with Crippen molar-refractivity contribution < 1.29 is 23.9 Å². The number of hydrogen-bond acceptors (Lipinski definition) is 7. The number of methoxy groups -OCH3 is 2. The second-order valence-electron chi connectivity index (χ2n) is 16.2. The maximum absolute atomic E-state index is 15.0. The second kappa shape index (κ2) is 20.6. The number of amides is 2. The molecule has 0 bridgehead atoms. The van der Waals surface area contributed by atoms with Crippen LogP contribution >= 0.6 is 0 Å². The van der Waals surface area contributed by atoms with Gasteiger partial charge in [0.2, 0.25) is 11.8 Å². The molecule has 5 rings (SSSR count). The molecule has 2 N–H and O–H groups in total. The van der Waals surface area contributed by atoms with Gasteiger partial charge in [-0.05, 0) is 97.6 Å². The molecule has 2 amide bonds. The number of nitrogens with one attached hydrogen (secondary N) is 2. The molecular formula is C46H64N4O5. The number of Topliss-reactive ketones (excluding diaryl/α,β-unsaturated/α-hetero) is 1. The Morgan fingerprint density at radius 2 is 1.11 bits per heavy atom. The number of ether oxygens (including phenoxy) is 2. The SMILES string of the molecule is COCC(=O)c1ccc(C(C(=O)NC(CC(C)C)c2ccccc2N2CCCCC2)C(=O)NC(CC(C)C)c2ccccc2N2CCCCC2)cc1COC. The van der Waals surface area contributed by atoms with Crippen molar-refractivity contribution in [3.8, 4) is 0 Å². The molecule has 0 spiro atoms. The number of hydrogen-bond donors (Lipinski definition) is 2. The summed E-state index contributed by atoms with van der Waals surface area (Å²) in [6.45, 7) is 12.6. The zero-order valence-electron chi connectivity index (χ0n) is 34.1. The third-order valence-electron chi connectivity index (χ3n) is 10.9. The molecule has 0 aromatic heterocycles. The van der Waals surface area contributed by atoms with Crippen molar-refractivity contribution in [2.45, 2.75) is 104 Å². The third-order valence-corrected chi connectivity index (χ3v) is 10.9. The van der Waals surface area contributed by atoms with Gasteiger partial charge in [0.1, 0.15) is 12.5 Å². The van der Waals surface area contributed by atoms with Crippen LogP contribution in [0.15, 0.2) is 66.7 Å². The van der Waals surface area contributed by atoms with Gasteiger partial charge < -0.3 is 29.9 Å². The van der Waals surface area contributed by atoms with Crippen molar-refractivity contribution in [1.82, 2.24) is 10.6 Å². The fourth-order valence-electron chi connectivity index (χ4n) is 8.36. The smallest absolute Gasteiger partial charge is 0.237 e. The van der Waals surface area contributed by atoms with Gasteiger partial charge in [0.05, 0.1) is 18.7 Å². The number of carbonyl (C=O) groups excluding carboxylic acids is 3. The normalized spacial score (nSPS) is 16.5. The highest BCUT2D eigenvalue weighted by molar-refractivity contribution is 6.06. The van der Waals surface area contributed by atoms with E-state index in [2.05, 4.69) is 84.5 Å². The van der Waals surface area contributed by atoms with Crippen LogP contribution in [0.25, 0.3) is 0 Å². The van der Waals surface area contributed by atoms with E-state index in [1.807, 2.05) is 12.1 Å². The van der Waals surface area contributed by atoms with Gasteiger partial charge in [-0.2, -0.15) is 0 Å². The van der Waals surface area contributed by atoms with Crippen molar-refractivity contribution in [3.63, 3.8) is 0 Å². The topological polar surface area (TPSA) is 100 Å². The van der Waals surface area contributed by atoms with Gasteiger partial charge >= 0.3 is 0 Å². The Bertz CT molecular complexity index is 1620. The molecule has 3 aromatic rings. The van der Waals surface area contributed by atoms with E-state index >= 15 is 0 Å². The van der Waals surface area contributed by atoms with Gasteiger partial charge in [-0.1, -0.05) is 82.3 Å². The highest BCUT2D eigenvalue weighted by Gasteiger charge is 2.35. The number of anilines is 2. The Labute approximate surface area is 329 Å². The minimum atomic E-state index is -1.18. The number of benzene rings is 3. The van der Waals surface area contributed by atoms with E-state index in [0.717, 1.165) is 74.4 Å². The minimum Gasteiger partial charge on any atom is -0.380 e. The zero-order chi connectivity index (χ0) is 39.3. The molecule has 2 aliphatic rings. The fraction of sp³-hybridized carbons (Fsp3) is 0.543. The van der Waals surface area contributed by atoms with Gasteiger partial charge in [0.15, 0.2) is 5.78 Å². The van der Waals surface area contributed by atoms with E-state index in [1.165, 1.54) is 20.0 Å². The molecule has 2 fully saturated rings. The van der Waals surface area contributed by atoms with Crippen LogP contribution in [0, 0.1) is 11.8 Å². The first-order valence-corrected chi connectivity index (χ1v) is 20.5. The van der Waals surface area contributed by atoms with Crippen molar-refractivity contribution in [1.29, 1.82) is 0 Å². The third kappa shape index (κ3) is 11.2. The van der Waals surface area contributed by atoms with Crippen molar-refractivity contribution in [2.24, 2.45) is 11.8 Å². The van der Waals surface area contributed by atoms with Crippen LogP contribution in [-0.2, 0) is 25.7 Å². The number of nitrogens with zero attached hydrogens (tertiary/aromatic N) is 2. The average molecular weight is 753 g/mol. The van der Waals surface area contributed by atoms with E-state index in [0.29, 0.717) is 29.5 Å². The summed E-state index contributed by atoms with van der Waals surface area (Å²) >= 11 is 0. The fourth-order valence-corrected chi connectivity index (χ4v) is 8.36. The van der Waals surface area contributed by atoms with Crippen molar-refractivity contribution in [3.05, 3.63) is 94.5 Å². The summed E-state index contributed by atoms with van der Waals surface area (Å²) in [7, 11) is 3.06. The molecule has 2 unspecified atom stereocenters. The van der Waals surface area contributed by atoms with Gasteiger partial charge in [-0.15, -0.1) is 0 Å². The maximum Gasteiger partial charge on any atom is 0.237 e. The van der Waals surface area contributed by atoms with E-state index in [-0.39, 0.29) is 54.7 Å². The summed E-state index contributed by atoms with van der Waals surface area (Å²) < 4.78 is 10.7. The molecule has 3 aromatic carbocycles. The summed E-state index contributed by atoms with van der Waals surface area (Å²) in [5.41, 5.74) is 5.99. The zero-order valence-corrected chi connectivity index (χ0v) is 34.1. The molecule has 9 nitrogen and oxygen atoms in total. The predicted molar refractivity (Wildman–Crippen MR) is 222 cm³/mol. The Morgan fingerprint density at radius 1 is 0.636 bits per heavy atom. The largest absolute Gasteiger partial charge is 0.380 e. The Morgan fingerprint density at radius 3 is 1.55 bits per heavy atom. The average Bonchev–Trinajstić information content (AvgIpc) is 3.18. The highest BCUT2D eigenvalue weighted by Crippen LogP contribution is 2.35. The highest BCUT2D eigenvalue weighted by atomic mass is 16.5. The van der Waals surface area contributed by atoms with Gasteiger partial charge in [0, 0.05) is 57.3 Å². The van der Waals surface area contributed by atoms with Gasteiger partial charge in [-0.3, -0.25) is 14.4 Å². The van der Waals surface area contributed by atoms with E-state index in [4.69, 9.17) is 9.47 Å². The van der Waals surface area contributed by atoms with Crippen LogP contribution in [0.3, 0.4) is 0 Å². The van der Waals surface area contributed by atoms with Crippen molar-refractivity contribution in [2.75, 3.05) is 56.8 Å². The standard InChI is InChI=1S/C46H64N4O5/c1-32(2)27-39(37-17-9-11-19-41(37)49-23-13-7-14-24-49)47-45(52)44(34-21-22-36(43(51)31-55-6)35(29-34)30-54-5)46(53)48-40(28-33(3)4)38-18-10-12-20-42(38)50-25-15-8-16-26-50/h9-12,17-22,29,32-33,39-40,44H,7-8,13-16,23-28,30-31H2,1-6H3,(H,47,52)(H,48,53).